The van der Waals surface area contributed by atoms with Gasteiger partial charge in [0, 0.05) is 10.5 Å². The number of thioether (sulfide) groups is 1. The van der Waals surface area contributed by atoms with E-state index < -0.39 is 0 Å². The summed E-state index contributed by atoms with van der Waals surface area (Å²) in [5.41, 5.74) is 0.862. The highest BCUT2D eigenvalue weighted by Crippen LogP contribution is 2.40. The van der Waals surface area contributed by atoms with Gasteiger partial charge in [-0.25, -0.2) is 0 Å². The van der Waals surface area contributed by atoms with Gasteiger partial charge >= 0.3 is 0 Å². The molecule has 2 aromatic carbocycles. The molecule has 0 N–H and O–H groups in total. The number of ether oxygens (including phenoxy) is 3. The lowest BCUT2D eigenvalue weighted by molar-refractivity contribution is 0.171. The molecule has 0 unspecified atom stereocenters. The van der Waals surface area contributed by atoms with E-state index in [1.165, 1.54) is 0 Å². The van der Waals surface area contributed by atoms with E-state index >= 15 is 0 Å². The maximum absolute atomic E-state index is 5.85. The second-order valence-corrected chi connectivity index (χ2v) is 7.15. The fraction of sp³-hybridized carbons (Fsp3) is 0.263. The smallest absolute Gasteiger partial charge is 0.247 e. The summed E-state index contributed by atoms with van der Waals surface area (Å²) in [6.07, 6.45) is 0. The number of rotatable bonds is 5. The Balaban J connectivity index is 1.48. The molecule has 0 saturated carbocycles. The van der Waals surface area contributed by atoms with Crippen LogP contribution in [0.3, 0.4) is 0 Å². The molecule has 0 aliphatic carbocycles. The summed E-state index contributed by atoms with van der Waals surface area (Å²) in [5.74, 6) is 3.43. The Labute approximate surface area is 155 Å². The second kappa shape index (κ2) is 7.29. The zero-order chi connectivity index (χ0) is 17.9. The predicted octanol–water partition coefficient (Wildman–Crippen LogP) is 4.37. The third kappa shape index (κ3) is 3.48. The molecule has 0 spiro atoms. The summed E-state index contributed by atoms with van der Waals surface area (Å²) in [6.45, 7) is 3.20. The van der Waals surface area contributed by atoms with Crippen molar-refractivity contribution in [2.75, 3.05) is 20.3 Å². The van der Waals surface area contributed by atoms with E-state index in [1.54, 1.807) is 18.9 Å². The molecule has 6 nitrogen and oxygen atoms in total. The summed E-state index contributed by atoms with van der Waals surface area (Å²) >= 11 is 1.63. The first-order valence-corrected chi connectivity index (χ1v) is 9.15. The van der Waals surface area contributed by atoms with E-state index in [2.05, 4.69) is 10.2 Å². The van der Waals surface area contributed by atoms with Crippen LogP contribution < -0.4 is 14.2 Å². The monoisotopic (exact) mass is 370 g/mol. The lowest BCUT2D eigenvalue weighted by Gasteiger charge is -2.19. The Morgan fingerprint density at radius 1 is 1.00 bits per heavy atom. The first-order valence-electron chi connectivity index (χ1n) is 8.27. The summed E-state index contributed by atoms with van der Waals surface area (Å²) in [7, 11) is 1.64. The third-order valence-corrected chi connectivity index (χ3v) is 5.03. The highest BCUT2D eigenvalue weighted by atomic mass is 32.2. The average Bonchev–Trinajstić information content (AvgIpc) is 3.18. The van der Waals surface area contributed by atoms with Gasteiger partial charge in [0.25, 0.3) is 0 Å². The number of hydrogen-bond acceptors (Lipinski definition) is 7. The van der Waals surface area contributed by atoms with Crippen molar-refractivity contribution in [1.29, 1.82) is 0 Å². The molecule has 3 aromatic rings. The van der Waals surface area contributed by atoms with Gasteiger partial charge in [-0.05, 0) is 49.4 Å². The van der Waals surface area contributed by atoms with Crippen molar-refractivity contribution in [3.63, 3.8) is 0 Å². The molecule has 1 aliphatic heterocycles. The minimum absolute atomic E-state index is 0.0112. The van der Waals surface area contributed by atoms with Gasteiger partial charge in [0.2, 0.25) is 11.8 Å². The largest absolute Gasteiger partial charge is 0.497 e. The molecule has 1 atom stereocenters. The highest BCUT2D eigenvalue weighted by molar-refractivity contribution is 7.99. The summed E-state index contributed by atoms with van der Waals surface area (Å²) in [5, 5.41) is 8.36. The molecular formula is C19H18N2O4S. The molecule has 26 heavy (non-hydrogen) atoms. The van der Waals surface area contributed by atoms with E-state index in [4.69, 9.17) is 18.6 Å². The summed E-state index contributed by atoms with van der Waals surface area (Å²) in [6, 6.07) is 13.5. The third-order valence-electron chi connectivity index (χ3n) is 3.95. The number of aromatic nitrogens is 2. The van der Waals surface area contributed by atoms with Crippen LogP contribution in [0.15, 0.2) is 51.8 Å². The van der Waals surface area contributed by atoms with Crippen LogP contribution in [-0.2, 0) is 0 Å². The van der Waals surface area contributed by atoms with Crippen molar-refractivity contribution in [1.82, 2.24) is 10.2 Å². The fourth-order valence-corrected chi connectivity index (χ4v) is 3.53. The molecule has 0 fully saturated rings. The molecule has 0 radical (unpaired) electrons. The van der Waals surface area contributed by atoms with Gasteiger partial charge in [-0.3, -0.25) is 0 Å². The SMILES string of the molecule is COc1ccc(-c2nnc([C@H](C)Sc3ccc4c(c3)OCCO4)o2)cc1. The van der Waals surface area contributed by atoms with Gasteiger partial charge in [0.1, 0.15) is 19.0 Å². The molecule has 0 saturated heterocycles. The van der Waals surface area contributed by atoms with Crippen LogP contribution in [0.4, 0.5) is 0 Å². The van der Waals surface area contributed by atoms with Crippen molar-refractivity contribution < 1.29 is 18.6 Å². The maximum Gasteiger partial charge on any atom is 0.247 e. The normalized spacial score (nSPS) is 14.1. The first-order chi connectivity index (χ1) is 12.7. The van der Waals surface area contributed by atoms with Crippen molar-refractivity contribution in [3.05, 3.63) is 48.4 Å². The van der Waals surface area contributed by atoms with Gasteiger partial charge < -0.3 is 18.6 Å². The van der Waals surface area contributed by atoms with Crippen LogP contribution in [0.25, 0.3) is 11.5 Å². The molecule has 2 heterocycles. The van der Waals surface area contributed by atoms with Crippen molar-refractivity contribution >= 4 is 11.8 Å². The van der Waals surface area contributed by atoms with Crippen molar-refractivity contribution in [2.24, 2.45) is 0 Å². The number of benzene rings is 2. The molecule has 0 bridgehead atoms. The van der Waals surface area contributed by atoms with E-state index in [-0.39, 0.29) is 5.25 Å². The average molecular weight is 370 g/mol. The Hall–Kier alpha value is -2.67. The van der Waals surface area contributed by atoms with Gasteiger partial charge in [-0.15, -0.1) is 22.0 Å². The van der Waals surface area contributed by atoms with Gasteiger partial charge in [-0.1, -0.05) is 0 Å². The minimum atomic E-state index is 0.0112. The van der Waals surface area contributed by atoms with Gasteiger partial charge in [-0.2, -0.15) is 0 Å². The molecular weight excluding hydrogens is 352 g/mol. The summed E-state index contributed by atoms with van der Waals surface area (Å²) in [4.78, 5) is 1.06. The number of methoxy groups -OCH3 is 1. The summed E-state index contributed by atoms with van der Waals surface area (Å²) < 4.78 is 22.2. The van der Waals surface area contributed by atoms with Crippen LogP contribution in [0.2, 0.25) is 0 Å². The first kappa shape index (κ1) is 16.8. The number of fused-ring (bicyclic) bond motifs is 1. The number of hydrogen-bond donors (Lipinski definition) is 0. The molecule has 134 valence electrons. The van der Waals surface area contributed by atoms with Gasteiger partial charge in [0.05, 0.1) is 12.4 Å². The quantitative estimate of drug-likeness (QED) is 0.618. The highest BCUT2D eigenvalue weighted by Gasteiger charge is 2.18. The number of nitrogens with zero attached hydrogens (tertiary/aromatic N) is 2. The van der Waals surface area contributed by atoms with Crippen molar-refractivity contribution in [2.45, 2.75) is 17.1 Å². The van der Waals surface area contributed by atoms with Gasteiger partial charge in [0.15, 0.2) is 11.5 Å². The standard InChI is InChI=1S/C19H18N2O4S/c1-12(26-15-7-8-16-17(11-15)24-10-9-23-16)18-20-21-19(25-18)13-3-5-14(22-2)6-4-13/h3-8,11-12H,9-10H2,1-2H3/t12-/m0/s1. The van der Waals surface area contributed by atoms with E-state index in [0.29, 0.717) is 25.0 Å². The minimum Gasteiger partial charge on any atom is -0.497 e. The molecule has 1 aromatic heterocycles. The topological polar surface area (TPSA) is 66.6 Å². The fourth-order valence-electron chi connectivity index (χ4n) is 2.60. The van der Waals surface area contributed by atoms with E-state index in [9.17, 15) is 0 Å². The van der Waals surface area contributed by atoms with Crippen LogP contribution in [0.1, 0.15) is 18.1 Å². The molecule has 1 aliphatic rings. The second-order valence-electron chi connectivity index (χ2n) is 5.74. The Bertz CT molecular complexity index is 895. The van der Waals surface area contributed by atoms with E-state index in [0.717, 1.165) is 27.7 Å². The molecule has 4 rings (SSSR count). The molecule has 7 heteroatoms. The zero-order valence-corrected chi connectivity index (χ0v) is 15.3. The lowest BCUT2D eigenvalue weighted by Crippen LogP contribution is -2.15. The Kier molecular flexibility index (Phi) is 4.71. The van der Waals surface area contributed by atoms with Crippen LogP contribution in [-0.4, -0.2) is 30.5 Å². The lowest BCUT2D eigenvalue weighted by atomic mass is 10.2. The maximum atomic E-state index is 5.85. The predicted molar refractivity (Wildman–Crippen MR) is 98.0 cm³/mol. The van der Waals surface area contributed by atoms with Crippen LogP contribution in [0.5, 0.6) is 17.2 Å². The van der Waals surface area contributed by atoms with Crippen molar-refractivity contribution in [3.8, 4) is 28.7 Å². The Morgan fingerprint density at radius 2 is 1.77 bits per heavy atom. The zero-order valence-electron chi connectivity index (χ0n) is 14.5. The molecule has 0 amide bonds. The van der Waals surface area contributed by atoms with Crippen LogP contribution >= 0.6 is 11.8 Å². The Morgan fingerprint density at radius 3 is 2.54 bits per heavy atom. The van der Waals surface area contributed by atoms with Crippen LogP contribution in [0, 0.1) is 0 Å². The van der Waals surface area contributed by atoms with E-state index in [1.807, 2.05) is 49.4 Å².